The Morgan fingerprint density at radius 3 is 1.43 bits per heavy atom. The Labute approximate surface area is 287 Å². The molecule has 0 N–H and O–H groups in total. The minimum atomic E-state index is -5.43. The van der Waals surface area contributed by atoms with Gasteiger partial charge in [0.15, 0.2) is 0 Å². The zero-order valence-corrected chi connectivity index (χ0v) is 33.2. The van der Waals surface area contributed by atoms with Gasteiger partial charge in [-0.05, 0) is 0 Å². The molecule has 0 bridgehead atoms. The molecular formula is C39H38Br2Cl2Zr. The Morgan fingerprint density at radius 2 is 1.05 bits per heavy atom. The third-order valence-electron chi connectivity index (χ3n) is 9.34. The molecule has 226 valence electrons. The predicted octanol–water partition coefficient (Wildman–Crippen LogP) is 13.1. The summed E-state index contributed by atoms with van der Waals surface area (Å²) in [5, 5.41) is 0. The van der Waals surface area contributed by atoms with Gasteiger partial charge in [0.05, 0.1) is 0 Å². The molecule has 0 saturated heterocycles. The summed E-state index contributed by atoms with van der Waals surface area (Å²) in [5.41, 5.74) is 9.66. The Bertz CT molecular complexity index is 1810. The fraction of sp³-hybridized carbons (Fsp3) is 0.256. The summed E-state index contributed by atoms with van der Waals surface area (Å²) in [5.74, 6) is 0. The van der Waals surface area contributed by atoms with E-state index in [0.717, 1.165) is 23.3 Å². The Balaban J connectivity index is 1.86. The molecule has 5 heteroatoms. The minimum absolute atomic E-state index is 0.0246. The van der Waals surface area contributed by atoms with E-state index < -0.39 is 15.9 Å². The fourth-order valence-corrected chi connectivity index (χ4v) is 27.2. The number of hydrogen-bond donors (Lipinski definition) is 0. The number of fused-ring (bicyclic) bond motifs is 3. The van der Waals surface area contributed by atoms with Crippen molar-refractivity contribution in [1.29, 1.82) is 0 Å². The van der Waals surface area contributed by atoms with Gasteiger partial charge in [-0.2, -0.15) is 0 Å². The first-order chi connectivity index (χ1) is 20.6. The monoisotopic (exact) mass is 824 g/mol. The van der Waals surface area contributed by atoms with Crippen LogP contribution >= 0.6 is 48.9 Å². The van der Waals surface area contributed by atoms with Crippen molar-refractivity contribution in [2.75, 3.05) is 0 Å². The zero-order valence-electron chi connectivity index (χ0n) is 26.1. The molecule has 4 aromatic rings. The van der Waals surface area contributed by atoms with Gasteiger partial charge >= 0.3 is 290 Å². The maximum atomic E-state index is 8.74. The van der Waals surface area contributed by atoms with Gasteiger partial charge in [-0.15, -0.1) is 0 Å². The van der Waals surface area contributed by atoms with Gasteiger partial charge in [0.2, 0.25) is 0 Å². The molecular weight excluding hydrogens is 790 g/mol. The quantitative estimate of drug-likeness (QED) is 0.192. The first-order valence-corrected chi connectivity index (χ1v) is 27.2. The second kappa shape index (κ2) is 11.4. The van der Waals surface area contributed by atoms with Crippen molar-refractivity contribution in [2.24, 2.45) is 0 Å². The van der Waals surface area contributed by atoms with Crippen molar-refractivity contribution >= 4 is 52.1 Å². The molecule has 0 fully saturated rings. The van der Waals surface area contributed by atoms with Gasteiger partial charge in [0, 0.05) is 0 Å². The topological polar surface area (TPSA) is 0 Å². The van der Waals surface area contributed by atoms with Crippen LogP contribution in [0, 0.1) is 0 Å². The molecule has 0 atom stereocenters. The van der Waals surface area contributed by atoms with Crippen molar-refractivity contribution in [2.45, 2.75) is 59.6 Å². The summed E-state index contributed by atoms with van der Waals surface area (Å²) >= 11 is 2.11. The molecule has 2 aliphatic carbocycles. The number of halogens is 4. The average Bonchev–Trinajstić information content (AvgIpc) is 3.60. The standard InChI is InChI=1S/C21H25.C13H8Br2.C5H5.2ClH.Zr/c1-20(2,3)16-7-9-18-14(12-16)11-15-13-17(21(4,5)6)8-10-19(15)18;14-12-5-1-3-10(8-12)7-11-4-2-6-13(15)9-11;1-2-4-5-3-1;;;/h7-13H,1-6H3;1-6,8-9H;1-5H;2*1H;/q;;;;;+2/p-2. The van der Waals surface area contributed by atoms with Crippen LogP contribution in [0.1, 0.15) is 78.5 Å². The maximum absolute atomic E-state index is 8.74. The van der Waals surface area contributed by atoms with E-state index in [1.54, 1.807) is 0 Å². The van der Waals surface area contributed by atoms with Gasteiger partial charge in [0.1, 0.15) is 0 Å². The normalized spacial score (nSPS) is 15.5. The second-order valence-electron chi connectivity index (χ2n) is 14.4. The third-order valence-corrected chi connectivity index (χ3v) is 30.0. The summed E-state index contributed by atoms with van der Waals surface area (Å²) in [6.07, 6.45) is 8.74. The van der Waals surface area contributed by atoms with Crippen LogP contribution in [0.2, 0.25) is 3.63 Å². The van der Waals surface area contributed by atoms with Crippen molar-refractivity contribution in [3.8, 4) is 11.1 Å². The Hall–Kier alpha value is -1.35. The molecule has 0 saturated carbocycles. The Kier molecular flexibility index (Phi) is 8.46. The van der Waals surface area contributed by atoms with Crippen molar-refractivity contribution in [3.05, 3.63) is 152 Å². The molecule has 4 aromatic carbocycles. The van der Waals surface area contributed by atoms with E-state index in [4.69, 9.17) is 17.0 Å². The SMILES string of the molecule is CC(C)(C)c1ccc2c(c1)[CH]([Zr]([Cl])([Cl])(=[C](c1cccc(Br)c1)c1cccc(Br)c1)[CH]1C=CC=C1)c1cc(C(C)(C)C)ccc1-2. The van der Waals surface area contributed by atoms with Crippen LogP contribution in [-0.2, 0) is 26.7 Å². The molecule has 44 heavy (non-hydrogen) atoms. The number of rotatable bonds is 4. The van der Waals surface area contributed by atoms with E-state index in [0.29, 0.717) is 0 Å². The molecule has 0 radical (unpaired) electrons. The van der Waals surface area contributed by atoms with Crippen LogP contribution in [-0.4, -0.2) is 3.21 Å². The third kappa shape index (κ3) is 5.52. The molecule has 0 spiro atoms. The first-order valence-electron chi connectivity index (χ1n) is 15.2. The van der Waals surface area contributed by atoms with Crippen molar-refractivity contribution in [3.63, 3.8) is 0 Å². The van der Waals surface area contributed by atoms with E-state index in [9.17, 15) is 0 Å². The molecule has 0 aliphatic heterocycles. The van der Waals surface area contributed by atoms with Crippen LogP contribution in [0.15, 0.2) is 118 Å². The first kappa shape index (κ1) is 32.6. The molecule has 0 nitrogen and oxygen atoms in total. The molecule has 6 rings (SSSR count). The van der Waals surface area contributed by atoms with Gasteiger partial charge < -0.3 is 0 Å². The van der Waals surface area contributed by atoms with Gasteiger partial charge in [-0.3, -0.25) is 0 Å². The average molecular weight is 829 g/mol. The van der Waals surface area contributed by atoms with Crippen LogP contribution in [0.5, 0.6) is 0 Å². The van der Waals surface area contributed by atoms with Crippen molar-refractivity contribution in [1.82, 2.24) is 0 Å². The van der Waals surface area contributed by atoms with Gasteiger partial charge in [-0.25, -0.2) is 0 Å². The molecule has 0 unspecified atom stereocenters. The summed E-state index contributed by atoms with van der Waals surface area (Å²) in [6.45, 7) is 13.7. The number of hydrogen-bond acceptors (Lipinski definition) is 0. The van der Waals surface area contributed by atoms with E-state index in [2.05, 4.69) is 183 Å². The van der Waals surface area contributed by atoms with E-state index >= 15 is 0 Å². The van der Waals surface area contributed by atoms with E-state index in [1.807, 2.05) is 0 Å². The molecule has 2 aliphatic rings. The zero-order chi connectivity index (χ0) is 31.7. The van der Waals surface area contributed by atoms with E-state index in [1.165, 1.54) is 33.4 Å². The molecule has 0 aromatic heterocycles. The number of benzene rings is 4. The summed E-state index contributed by atoms with van der Waals surface area (Å²) in [4.78, 5) is 0. The van der Waals surface area contributed by atoms with E-state index in [-0.39, 0.29) is 18.1 Å². The van der Waals surface area contributed by atoms with Crippen LogP contribution in [0.25, 0.3) is 11.1 Å². The van der Waals surface area contributed by atoms with Gasteiger partial charge in [-0.1, -0.05) is 0 Å². The van der Waals surface area contributed by atoms with Crippen LogP contribution in [0.4, 0.5) is 0 Å². The molecule has 0 amide bonds. The molecule has 0 heterocycles. The van der Waals surface area contributed by atoms with Crippen LogP contribution in [0.3, 0.4) is 0 Å². The second-order valence-corrected chi connectivity index (χ2v) is 36.9. The Morgan fingerprint density at radius 1 is 0.614 bits per heavy atom. The summed E-state index contributed by atoms with van der Waals surface area (Å²) in [7, 11) is 17.5. The van der Waals surface area contributed by atoms with Crippen molar-refractivity contribution < 1.29 is 15.9 Å². The van der Waals surface area contributed by atoms with Gasteiger partial charge in [0.25, 0.3) is 0 Å². The number of allylic oxidation sites excluding steroid dienone is 4. The summed E-state index contributed by atoms with van der Waals surface area (Å²) in [6, 6.07) is 31.1. The summed E-state index contributed by atoms with van der Waals surface area (Å²) < 4.78 is 2.82. The fourth-order valence-electron chi connectivity index (χ4n) is 7.06. The van der Waals surface area contributed by atoms with Crippen LogP contribution < -0.4 is 0 Å². The predicted molar refractivity (Wildman–Crippen MR) is 196 cm³/mol.